The molecule has 10 aromatic carbocycles. The predicted molar refractivity (Wildman–Crippen MR) is 309 cm³/mol. The summed E-state index contributed by atoms with van der Waals surface area (Å²) < 4.78 is 6.59. The smallest absolute Gasteiger partial charge is 0.160 e. The van der Waals surface area contributed by atoms with Gasteiger partial charge in [-0.3, -0.25) is 0 Å². The van der Waals surface area contributed by atoms with E-state index >= 15 is 0 Å². The maximum absolute atomic E-state index is 6.59. The average Bonchev–Trinajstić information content (AvgIpc) is 3.56. The third-order valence-corrected chi connectivity index (χ3v) is 14.9. The van der Waals surface area contributed by atoms with Gasteiger partial charge in [-0.15, -0.1) is 0 Å². The van der Waals surface area contributed by atoms with Crippen LogP contribution in [0.15, 0.2) is 277 Å². The molecule has 12 aromatic rings. The summed E-state index contributed by atoms with van der Waals surface area (Å²) in [5, 5.41) is 0. The van der Waals surface area contributed by atoms with Gasteiger partial charge in [0.2, 0.25) is 0 Å². The third-order valence-electron chi connectivity index (χ3n) is 13.8. The first-order valence-corrected chi connectivity index (χ1v) is 26.1. The maximum Gasteiger partial charge on any atom is 0.160 e. The zero-order valence-corrected chi connectivity index (χ0v) is 41.7. The lowest BCUT2D eigenvalue weighted by atomic mass is 9.96. The standard InChI is InChI=1S/C68H44N6OS/c1-5-21-45(22-6-1)55-43-56(46-23-7-2-8-24-46)71-68(70-55)52-38-50(40-54(42-52)73-59-29-13-17-33-63(59)75-64-34-18-14-30-60(64)73)49-37-51(41-53(39-49)74-61-31-15-19-35-65(61)76-66-36-20-16-32-62(66)74)58-44-57(47-25-9-3-10-26-47)69-67(72-58)48-27-11-4-12-28-48/h1-44H. The molecule has 0 aliphatic carbocycles. The van der Waals surface area contributed by atoms with Gasteiger partial charge in [0.05, 0.1) is 45.5 Å². The molecule has 2 aliphatic rings. The van der Waals surface area contributed by atoms with E-state index < -0.39 is 0 Å². The highest BCUT2D eigenvalue weighted by Gasteiger charge is 2.29. The number of aromatic nitrogens is 4. The molecule has 0 N–H and O–H groups in total. The fraction of sp³-hybridized carbons (Fsp3) is 0. The van der Waals surface area contributed by atoms with Crippen LogP contribution in [0.4, 0.5) is 34.1 Å². The lowest BCUT2D eigenvalue weighted by Crippen LogP contribution is -2.16. The van der Waals surface area contributed by atoms with Crippen molar-refractivity contribution in [3.8, 4) is 90.4 Å². The number of fused-ring (bicyclic) bond motifs is 4. The summed E-state index contributed by atoms with van der Waals surface area (Å²) in [5.74, 6) is 2.77. The van der Waals surface area contributed by atoms with Gasteiger partial charge in [-0.25, -0.2) is 19.9 Å². The molecular weight excluding hydrogens is 949 g/mol. The summed E-state index contributed by atoms with van der Waals surface area (Å²) in [6.07, 6.45) is 0. The summed E-state index contributed by atoms with van der Waals surface area (Å²) in [6.45, 7) is 0. The number of benzene rings is 10. The molecule has 8 heteroatoms. The monoisotopic (exact) mass is 992 g/mol. The van der Waals surface area contributed by atoms with Gasteiger partial charge in [0, 0.05) is 54.5 Å². The molecule has 0 fully saturated rings. The van der Waals surface area contributed by atoms with Gasteiger partial charge in [-0.2, -0.15) is 0 Å². The third kappa shape index (κ3) is 8.42. The van der Waals surface area contributed by atoms with Gasteiger partial charge >= 0.3 is 0 Å². The number of anilines is 6. The van der Waals surface area contributed by atoms with Crippen LogP contribution in [-0.4, -0.2) is 19.9 Å². The second-order valence-electron chi connectivity index (χ2n) is 18.7. The maximum atomic E-state index is 6.59. The Hall–Kier alpha value is -9.89. The van der Waals surface area contributed by atoms with Crippen molar-refractivity contribution in [2.75, 3.05) is 9.80 Å². The van der Waals surface area contributed by atoms with E-state index in [1.54, 1.807) is 11.8 Å². The summed E-state index contributed by atoms with van der Waals surface area (Å²) in [5.41, 5.74) is 16.9. The van der Waals surface area contributed by atoms with Crippen molar-refractivity contribution in [3.63, 3.8) is 0 Å². The molecule has 2 aliphatic heterocycles. The highest BCUT2D eigenvalue weighted by molar-refractivity contribution is 7.99. The minimum atomic E-state index is 0.598. The summed E-state index contributed by atoms with van der Waals surface area (Å²) >= 11 is 1.79. The molecule has 7 nitrogen and oxygen atoms in total. The molecule has 0 saturated heterocycles. The van der Waals surface area contributed by atoms with Crippen LogP contribution >= 0.6 is 11.8 Å². The molecule has 0 atom stereocenters. The van der Waals surface area contributed by atoms with Crippen LogP contribution in [0.5, 0.6) is 11.5 Å². The van der Waals surface area contributed by atoms with E-state index in [1.807, 2.05) is 60.7 Å². The summed E-state index contributed by atoms with van der Waals surface area (Å²) in [6, 6.07) is 92.8. The lowest BCUT2D eigenvalue weighted by Gasteiger charge is -2.34. The molecule has 0 bridgehead atoms. The van der Waals surface area contributed by atoms with Gasteiger partial charge in [0.25, 0.3) is 0 Å². The van der Waals surface area contributed by atoms with Crippen LogP contribution in [-0.2, 0) is 0 Å². The Morgan fingerprint density at radius 3 is 1.07 bits per heavy atom. The normalized spacial score (nSPS) is 12.2. The highest BCUT2D eigenvalue weighted by Crippen LogP contribution is 2.54. The van der Waals surface area contributed by atoms with E-state index in [1.165, 1.54) is 9.79 Å². The van der Waals surface area contributed by atoms with Gasteiger partial charge in [-0.1, -0.05) is 182 Å². The summed E-state index contributed by atoms with van der Waals surface area (Å²) in [4.78, 5) is 28.5. The molecule has 0 radical (unpaired) electrons. The Bertz CT molecular complexity index is 3660. The molecule has 0 spiro atoms. The second-order valence-corrected chi connectivity index (χ2v) is 19.8. The summed E-state index contributed by atoms with van der Waals surface area (Å²) in [7, 11) is 0. The number of nitrogens with zero attached hydrogens (tertiary/aromatic N) is 6. The highest BCUT2D eigenvalue weighted by atomic mass is 32.2. The SMILES string of the molecule is c1ccc(-c2cc(-c3cc(-c4cc(-c5nc(-c6ccccc6)cc(-c6ccccc6)n5)cc(N5c6ccccc6Oc6ccccc65)c4)cc(N4c5ccccc5Sc5ccccc54)c3)nc(-c3ccccc3)n2)cc1. The van der Waals surface area contributed by atoms with E-state index in [2.05, 4.69) is 216 Å². The van der Waals surface area contributed by atoms with E-state index in [0.717, 1.165) is 113 Å². The minimum absolute atomic E-state index is 0.598. The first-order valence-electron chi connectivity index (χ1n) is 25.3. The van der Waals surface area contributed by atoms with Crippen molar-refractivity contribution in [3.05, 3.63) is 267 Å². The number of hydrogen-bond acceptors (Lipinski definition) is 8. The Balaban J connectivity index is 1.05. The molecule has 358 valence electrons. The fourth-order valence-corrected chi connectivity index (χ4v) is 11.3. The van der Waals surface area contributed by atoms with E-state index in [-0.39, 0.29) is 0 Å². The van der Waals surface area contributed by atoms with Crippen molar-refractivity contribution < 1.29 is 4.74 Å². The first kappa shape index (κ1) is 44.8. The van der Waals surface area contributed by atoms with Gasteiger partial charge in [0.15, 0.2) is 23.1 Å². The number of hydrogen-bond donors (Lipinski definition) is 0. The first-order chi connectivity index (χ1) is 37.6. The van der Waals surface area contributed by atoms with E-state index in [9.17, 15) is 0 Å². The molecule has 0 saturated carbocycles. The Morgan fingerprint density at radius 2 is 0.592 bits per heavy atom. The second kappa shape index (κ2) is 19.2. The van der Waals surface area contributed by atoms with Crippen molar-refractivity contribution >= 4 is 45.9 Å². The molecule has 4 heterocycles. The zero-order valence-electron chi connectivity index (χ0n) is 40.9. The average molecular weight is 993 g/mol. The van der Waals surface area contributed by atoms with E-state index in [0.29, 0.717) is 11.6 Å². The molecule has 0 unspecified atom stereocenters. The van der Waals surface area contributed by atoms with E-state index in [4.69, 9.17) is 24.7 Å². The van der Waals surface area contributed by atoms with Crippen LogP contribution in [0, 0.1) is 0 Å². The minimum Gasteiger partial charge on any atom is -0.453 e. The quantitative estimate of drug-likeness (QED) is 0.142. The number of para-hydroxylation sites is 6. The van der Waals surface area contributed by atoms with Crippen molar-refractivity contribution in [2.24, 2.45) is 0 Å². The number of ether oxygens (including phenoxy) is 1. The van der Waals surface area contributed by atoms with Crippen molar-refractivity contribution in [1.82, 2.24) is 19.9 Å². The molecule has 76 heavy (non-hydrogen) atoms. The fourth-order valence-electron chi connectivity index (χ4n) is 10.2. The number of rotatable bonds is 9. The van der Waals surface area contributed by atoms with Crippen LogP contribution in [0.25, 0.3) is 78.9 Å². The van der Waals surface area contributed by atoms with Crippen molar-refractivity contribution in [2.45, 2.75) is 9.79 Å². The van der Waals surface area contributed by atoms with Crippen LogP contribution in [0.2, 0.25) is 0 Å². The van der Waals surface area contributed by atoms with Gasteiger partial charge in [-0.05, 0) is 108 Å². The molecular formula is C68H44N6OS. The lowest BCUT2D eigenvalue weighted by molar-refractivity contribution is 0.477. The van der Waals surface area contributed by atoms with Crippen LogP contribution in [0.3, 0.4) is 0 Å². The molecule has 2 aromatic heterocycles. The molecule has 0 amide bonds. The predicted octanol–water partition coefficient (Wildman–Crippen LogP) is 18.4. The van der Waals surface area contributed by atoms with Crippen LogP contribution < -0.4 is 14.5 Å². The largest absolute Gasteiger partial charge is 0.453 e. The van der Waals surface area contributed by atoms with Crippen LogP contribution in [0.1, 0.15) is 0 Å². The van der Waals surface area contributed by atoms with Crippen molar-refractivity contribution in [1.29, 1.82) is 0 Å². The Morgan fingerprint density at radius 1 is 0.263 bits per heavy atom. The Kier molecular flexibility index (Phi) is 11.3. The Labute approximate surface area is 445 Å². The van der Waals surface area contributed by atoms with Gasteiger partial charge < -0.3 is 14.5 Å². The molecule has 14 rings (SSSR count). The van der Waals surface area contributed by atoms with Gasteiger partial charge in [0.1, 0.15) is 0 Å². The topological polar surface area (TPSA) is 67.3 Å². The zero-order chi connectivity index (χ0) is 50.4.